The van der Waals surface area contributed by atoms with Gasteiger partial charge in [-0.1, -0.05) is 39.0 Å². The summed E-state index contributed by atoms with van der Waals surface area (Å²) in [4.78, 5) is 0. The summed E-state index contributed by atoms with van der Waals surface area (Å²) in [5.74, 6) is 0. The van der Waals surface area contributed by atoms with Crippen molar-refractivity contribution in [2.45, 2.75) is 39.0 Å². The molecule has 9 heavy (non-hydrogen) atoms. The van der Waals surface area contributed by atoms with Gasteiger partial charge in [0.15, 0.2) is 0 Å². The molecular formula is C6H21FSi2. The molecule has 0 aliphatic carbocycles. The smallest absolute Gasteiger partial charge is 0.0442 e. The van der Waals surface area contributed by atoms with Gasteiger partial charge in [0, 0.05) is 8.07 Å². The summed E-state index contributed by atoms with van der Waals surface area (Å²) in [7, 11) is -0.657. The summed E-state index contributed by atoms with van der Waals surface area (Å²) in [6.45, 7) is 9.50. The molecule has 0 radical (unpaired) electrons. The number of hydrogen-bond acceptors (Lipinski definition) is 0. The Labute approximate surface area is 63.4 Å². The molecule has 0 spiro atoms. The Morgan fingerprint density at radius 2 is 1.44 bits per heavy atom. The van der Waals surface area contributed by atoms with Crippen LogP contribution in [0.1, 0.15) is 13.3 Å². The molecule has 0 atom stereocenters. The van der Waals surface area contributed by atoms with Gasteiger partial charge in [-0.3, -0.25) is 4.70 Å². The predicted octanol–water partition coefficient (Wildman–Crippen LogP) is 1.44. The van der Waals surface area contributed by atoms with Crippen LogP contribution in [-0.4, -0.2) is 19.0 Å². The Balaban J connectivity index is -0.000000180. The van der Waals surface area contributed by atoms with Crippen LogP contribution in [0.5, 0.6) is 0 Å². The highest BCUT2D eigenvalue weighted by atomic mass is 28.3. The van der Waals surface area contributed by atoms with Crippen LogP contribution in [0.25, 0.3) is 0 Å². The molecule has 0 saturated carbocycles. The van der Waals surface area contributed by atoms with E-state index in [0.29, 0.717) is 0 Å². The van der Waals surface area contributed by atoms with Crippen LogP contribution in [0.3, 0.4) is 0 Å². The van der Waals surface area contributed by atoms with E-state index in [9.17, 15) is 0 Å². The lowest BCUT2D eigenvalue weighted by Crippen LogP contribution is -2.17. The Morgan fingerprint density at radius 3 is 1.44 bits per heavy atom. The van der Waals surface area contributed by atoms with Crippen molar-refractivity contribution in [1.82, 2.24) is 0 Å². The summed E-state index contributed by atoms with van der Waals surface area (Å²) in [6.07, 6.45) is 1.37. The second kappa shape index (κ2) is 6.48. The molecule has 0 unspecified atom stereocenters. The van der Waals surface area contributed by atoms with Gasteiger partial charge in [-0.15, -0.1) is 0 Å². The first-order chi connectivity index (χ1) is 3.06. The third-order valence-electron chi connectivity index (χ3n) is 1.000. The van der Waals surface area contributed by atoms with E-state index in [4.69, 9.17) is 0 Å². The minimum Gasteiger partial charge on any atom is -0.269 e. The molecule has 0 bridgehead atoms. The van der Waals surface area contributed by atoms with Crippen LogP contribution in [0.4, 0.5) is 4.70 Å². The molecular weight excluding hydrogens is 147 g/mol. The van der Waals surface area contributed by atoms with E-state index >= 15 is 0 Å². The monoisotopic (exact) mass is 168 g/mol. The summed E-state index contributed by atoms with van der Waals surface area (Å²) in [6, 6.07) is 1.48. The summed E-state index contributed by atoms with van der Waals surface area (Å²) in [5, 5.41) is 0. The lowest BCUT2D eigenvalue weighted by Gasteiger charge is -2.12. The Kier molecular flexibility index (Phi) is 11.7. The highest BCUT2D eigenvalue weighted by Gasteiger charge is 2.09. The van der Waals surface area contributed by atoms with Crippen LogP contribution in [0.2, 0.25) is 25.7 Å². The normalized spacial score (nSPS) is 9.33. The van der Waals surface area contributed by atoms with Gasteiger partial charge in [-0.25, -0.2) is 0 Å². The molecule has 0 N–H and O–H groups in total. The SMILES string of the molecule is CCC[Si](C)(C)C.F.[SiH4]. The highest BCUT2D eigenvalue weighted by Crippen LogP contribution is 2.09. The summed E-state index contributed by atoms with van der Waals surface area (Å²) in [5.41, 5.74) is 0. The molecule has 0 aliphatic rings. The van der Waals surface area contributed by atoms with Gasteiger partial charge >= 0.3 is 0 Å². The third-order valence-corrected chi connectivity index (χ3v) is 3.00. The fourth-order valence-electron chi connectivity index (χ4n) is 0.750. The Hall–Kier alpha value is 0.364. The zero-order valence-corrected chi connectivity index (χ0v) is 7.32. The fourth-order valence-corrected chi connectivity index (χ4v) is 2.25. The molecule has 0 amide bonds. The first-order valence-electron chi connectivity index (χ1n) is 3.06. The zero-order chi connectivity index (χ0) is 5.91. The van der Waals surface area contributed by atoms with Crippen LogP contribution < -0.4 is 0 Å². The molecule has 60 valence electrons. The van der Waals surface area contributed by atoms with Crippen molar-refractivity contribution in [3.05, 3.63) is 0 Å². The maximum absolute atomic E-state index is 2.41. The van der Waals surface area contributed by atoms with Crippen molar-refractivity contribution in [2.75, 3.05) is 0 Å². The van der Waals surface area contributed by atoms with E-state index < -0.39 is 8.07 Å². The van der Waals surface area contributed by atoms with Crippen LogP contribution in [-0.2, 0) is 0 Å². The van der Waals surface area contributed by atoms with Gasteiger partial charge in [0.05, 0.1) is 0 Å². The Morgan fingerprint density at radius 1 is 1.11 bits per heavy atom. The van der Waals surface area contributed by atoms with Crippen molar-refractivity contribution in [3.8, 4) is 0 Å². The maximum Gasteiger partial charge on any atom is 0.0442 e. The van der Waals surface area contributed by atoms with E-state index in [1.54, 1.807) is 0 Å². The lowest BCUT2D eigenvalue weighted by atomic mass is 10.6. The fraction of sp³-hybridized carbons (Fsp3) is 1.00. The molecule has 0 rings (SSSR count). The number of rotatable bonds is 2. The van der Waals surface area contributed by atoms with Crippen LogP contribution >= 0.6 is 0 Å². The Bertz CT molecular complexity index is 49.5. The van der Waals surface area contributed by atoms with E-state index in [1.807, 2.05) is 0 Å². The van der Waals surface area contributed by atoms with Crippen molar-refractivity contribution in [3.63, 3.8) is 0 Å². The van der Waals surface area contributed by atoms with E-state index in [0.717, 1.165) is 0 Å². The van der Waals surface area contributed by atoms with E-state index in [2.05, 4.69) is 26.6 Å². The largest absolute Gasteiger partial charge is 0.269 e. The minimum atomic E-state index is -0.657. The van der Waals surface area contributed by atoms with Crippen molar-refractivity contribution in [1.29, 1.82) is 0 Å². The zero-order valence-electron chi connectivity index (χ0n) is 6.32. The number of halogens is 1. The topological polar surface area (TPSA) is 0 Å². The van der Waals surface area contributed by atoms with Gasteiger partial charge in [0.25, 0.3) is 0 Å². The lowest BCUT2D eigenvalue weighted by molar-refractivity contribution is 1.05. The molecule has 0 aromatic rings. The summed E-state index contributed by atoms with van der Waals surface area (Å²) < 4.78 is 0. The molecule has 3 heteroatoms. The second-order valence-corrected chi connectivity index (χ2v) is 8.93. The van der Waals surface area contributed by atoms with E-state index in [-0.39, 0.29) is 15.7 Å². The number of hydrogen-bond donors (Lipinski definition) is 0. The van der Waals surface area contributed by atoms with Gasteiger partial charge in [0.1, 0.15) is 0 Å². The maximum atomic E-state index is 2.41. The van der Waals surface area contributed by atoms with E-state index in [1.165, 1.54) is 12.5 Å². The van der Waals surface area contributed by atoms with Crippen LogP contribution in [0, 0.1) is 0 Å². The summed E-state index contributed by atoms with van der Waals surface area (Å²) >= 11 is 0. The molecule has 0 nitrogen and oxygen atoms in total. The standard InChI is InChI=1S/C6H16Si.FH.H4Si/c1-5-6-7(2,3)4;;/h5-6H2,1-4H3;1H;1H4. The van der Waals surface area contributed by atoms with Crippen molar-refractivity contribution >= 4 is 19.0 Å². The third kappa shape index (κ3) is 17.8. The highest BCUT2D eigenvalue weighted by molar-refractivity contribution is 6.76. The molecule has 0 aromatic heterocycles. The van der Waals surface area contributed by atoms with Gasteiger partial charge in [-0.2, -0.15) is 0 Å². The van der Waals surface area contributed by atoms with Gasteiger partial charge in [-0.05, 0) is 11.0 Å². The van der Waals surface area contributed by atoms with Gasteiger partial charge < -0.3 is 0 Å². The van der Waals surface area contributed by atoms with Gasteiger partial charge in [0.2, 0.25) is 0 Å². The molecule has 0 aliphatic heterocycles. The average molecular weight is 168 g/mol. The quantitative estimate of drug-likeness (QED) is 0.547. The minimum absolute atomic E-state index is 0. The predicted molar refractivity (Wildman–Crippen MR) is 52.3 cm³/mol. The first kappa shape index (κ1) is 16.2. The molecule has 0 saturated heterocycles. The molecule has 0 aromatic carbocycles. The van der Waals surface area contributed by atoms with Crippen LogP contribution in [0.15, 0.2) is 0 Å². The van der Waals surface area contributed by atoms with Crippen molar-refractivity contribution < 1.29 is 4.70 Å². The average Bonchev–Trinajstić information content (AvgIpc) is 1.30. The molecule has 0 fully saturated rings. The van der Waals surface area contributed by atoms with Crippen molar-refractivity contribution in [2.24, 2.45) is 0 Å². The molecule has 0 heterocycles. The second-order valence-electron chi connectivity index (χ2n) is 3.31. The first-order valence-corrected chi connectivity index (χ1v) is 6.77.